The molecule has 0 spiro atoms. The highest BCUT2D eigenvalue weighted by atomic mass is 16.4. The monoisotopic (exact) mass is 210 g/mol. The van der Waals surface area contributed by atoms with Crippen molar-refractivity contribution in [3.05, 3.63) is 0 Å². The van der Waals surface area contributed by atoms with Gasteiger partial charge >= 0.3 is 5.97 Å². The van der Waals surface area contributed by atoms with Crippen LogP contribution in [-0.4, -0.2) is 11.1 Å². The minimum Gasteiger partial charge on any atom is -0.481 e. The minimum absolute atomic E-state index is 0.402. The smallest absolute Gasteiger partial charge is 0.303 e. The van der Waals surface area contributed by atoms with E-state index in [-0.39, 0.29) is 0 Å². The second-order valence-electron chi connectivity index (χ2n) is 5.63. The first-order chi connectivity index (χ1) is 7.09. The predicted molar refractivity (Wildman–Crippen MR) is 59.6 cm³/mol. The van der Waals surface area contributed by atoms with Crippen LogP contribution in [0.25, 0.3) is 0 Å². The SMILES string of the molecule is CCC1C(CC(=O)O)C2CCCCC12C. The van der Waals surface area contributed by atoms with Crippen LogP contribution in [0.3, 0.4) is 0 Å². The Morgan fingerprint density at radius 3 is 2.80 bits per heavy atom. The Kier molecular flexibility index (Phi) is 2.78. The number of aliphatic carboxylic acids is 1. The average molecular weight is 210 g/mol. The summed E-state index contributed by atoms with van der Waals surface area (Å²) in [7, 11) is 0. The van der Waals surface area contributed by atoms with E-state index in [1.54, 1.807) is 0 Å². The summed E-state index contributed by atoms with van der Waals surface area (Å²) in [4.78, 5) is 10.8. The summed E-state index contributed by atoms with van der Waals surface area (Å²) in [6.07, 6.45) is 6.82. The van der Waals surface area contributed by atoms with Gasteiger partial charge in [-0.15, -0.1) is 0 Å². The molecule has 0 saturated heterocycles. The van der Waals surface area contributed by atoms with Gasteiger partial charge in [0.15, 0.2) is 0 Å². The number of carboxylic acid groups (broad SMARTS) is 1. The zero-order valence-electron chi connectivity index (χ0n) is 9.83. The summed E-state index contributed by atoms with van der Waals surface area (Å²) in [5, 5.41) is 8.94. The summed E-state index contributed by atoms with van der Waals surface area (Å²) in [5.74, 6) is 1.23. The molecule has 0 radical (unpaired) electrons. The van der Waals surface area contributed by atoms with E-state index in [0.717, 1.165) is 6.42 Å². The molecule has 4 unspecified atom stereocenters. The van der Waals surface area contributed by atoms with Crippen molar-refractivity contribution >= 4 is 5.97 Å². The van der Waals surface area contributed by atoms with E-state index in [1.165, 1.54) is 25.7 Å². The maximum Gasteiger partial charge on any atom is 0.303 e. The minimum atomic E-state index is -0.605. The molecule has 0 aromatic carbocycles. The summed E-state index contributed by atoms with van der Waals surface area (Å²) in [6.45, 7) is 4.61. The number of carbonyl (C=O) groups is 1. The molecule has 86 valence electrons. The fraction of sp³-hybridized carbons (Fsp3) is 0.923. The molecule has 0 heterocycles. The first-order valence-electron chi connectivity index (χ1n) is 6.31. The molecule has 0 aromatic rings. The number of fused-ring (bicyclic) bond motifs is 1. The zero-order valence-corrected chi connectivity index (χ0v) is 9.83. The Morgan fingerprint density at radius 1 is 1.47 bits per heavy atom. The van der Waals surface area contributed by atoms with Crippen LogP contribution in [0.2, 0.25) is 0 Å². The van der Waals surface area contributed by atoms with E-state index in [9.17, 15) is 4.79 Å². The van der Waals surface area contributed by atoms with E-state index in [2.05, 4.69) is 13.8 Å². The maximum atomic E-state index is 10.8. The number of carboxylic acids is 1. The van der Waals surface area contributed by atoms with Crippen LogP contribution >= 0.6 is 0 Å². The Balaban J connectivity index is 2.09. The second-order valence-corrected chi connectivity index (χ2v) is 5.63. The fourth-order valence-electron chi connectivity index (χ4n) is 4.45. The van der Waals surface area contributed by atoms with Crippen LogP contribution in [0.5, 0.6) is 0 Å². The van der Waals surface area contributed by atoms with E-state index < -0.39 is 5.97 Å². The first kappa shape index (κ1) is 11.0. The number of hydrogen-bond acceptors (Lipinski definition) is 1. The van der Waals surface area contributed by atoms with Gasteiger partial charge in [-0.3, -0.25) is 4.79 Å². The largest absolute Gasteiger partial charge is 0.481 e. The van der Waals surface area contributed by atoms with Gasteiger partial charge in [0.05, 0.1) is 0 Å². The molecule has 2 aliphatic rings. The summed E-state index contributed by atoms with van der Waals surface area (Å²) < 4.78 is 0. The van der Waals surface area contributed by atoms with Crippen molar-refractivity contribution in [2.75, 3.05) is 0 Å². The normalized spacial score (nSPS) is 44.3. The van der Waals surface area contributed by atoms with Gasteiger partial charge in [0.2, 0.25) is 0 Å². The van der Waals surface area contributed by atoms with Crippen molar-refractivity contribution in [3.8, 4) is 0 Å². The lowest BCUT2D eigenvalue weighted by Gasteiger charge is -2.62. The summed E-state index contributed by atoms with van der Waals surface area (Å²) in [5.41, 5.74) is 0.479. The third-order valence-corrected chi connectivity index (χ3v) is 5.06. The van der Waals surface area contributed by atoms with Gasteiger partial charge in [0, 0.05) is 6.42 Å². The fourth-order valence-corrected chi connectivity index (χ4v) is 4.45. The molecule has 15 heavy (non-hydrogen) atoms. The van der Waals surface area contributed by atoms with E-state index in [4.69, 9.17) is 5.11 Å². The molecule has 2 rings (SSSR count). The molecule has 0 aromatic heterocycles. The van der Waals surface area contributed by atoms with Crippen molar-refractivity contribution < 1.29 is 9.90 Å². The molecule has 2 heteroatoms. The lowest BCUT2D eigenvalue weighted by Crippen LogP contribution is -2.56. The van der Waals surface area contributed by atoms with Gasteiger partial charge < -0.3 is 5.11 Å². The topological polar surface area (TPSA) is 37.3 Å². The van der Waals surface area contributed by atoms with Crippen LogP contribution in [0.15, 0.2) is 0 Å². The molecular formula is C13H22O2. The molecule has 0 amide bonds. The lowest BCUT2D eigenvalue weighted by molar-refractivity contribution is -0.162. The van der Waals surface area contributed by atoms with Crippen molar-refractivity contribution in [3.63, 3.8) is 0 Å². The highest BCUT2D eigenvalue weighted by molar-refractivity contribution is 5.67. The lowest BCUT2D eigenvalue weighted by atomic mass is 9.42. The van der Waals surface area contributed by atoms with E-state index in [1.807, 2.05) is 0 Å². The summed E-state index contributed by atoms with van der Waals surface area (Å²) >= 11 is 0. The third-order valence-electron chi connectivity index (χ3n) is 5.06. The molecule has 2 aliphatic carbocycles. The van der Waals surface area contributed by atoms with Crippen LogP contribution in [0.1, 0.15) is 52.4 Å². The van der Waals surface area contributed by atoms with Gasteiger partial charge in [-0.2, -0.15) is 0 Å². The van der Waals surface area contributed by atoms with E-state index in [0.29, 0.717) is 29.6 Å². The maximum absolute atomic E-state index is 10.8. The second kappa shape index (κ2) is 3.80. The molecule has 1 N–H and O–H groups in total. The molecule has 2 nitrogen and oxygen atoms in total. The van der Waals surface area contributed by atoms with Gasteiger partial charge in [-0.1, -0.05) is 33.1 Å². The first-order valence-corrected chi connectivity index (χ1v) is 6.31. The molecule has 0 bridgehead atoms. The van der Waals surface area contributed by atoms with Crippen molar-refractivity contribution in [2.45, 2.75) is 52.4 Å². The third kappa shape index (κ3) is 1.58. The molecule has 2 saturated carbocycles. The highest BCUT2D eigenvalue weighted by Crippen LogP contribution is 2.64. The molecule has 4 atom stereocenters. The standard InChI is InChI=1S/C13H22O2/c1-3-10-9(8-12(14)15)11-6-4-5-7-13(10,11)2/h9-11H,3-8H2,1-2H3,(H,14,15). The van der Waals surface area contributed by atoms with E-state index >= 15 is 0 Å². The number of hydrogen-bond donors (Lipinski definition) is 1. The Morgan fingerprint density at radius 2 is 2.20 bits per heavy atom. The zero-order chi connectivity index (χ0) is 11.1. The quantitative estimate of drug-likeness (QED) is 0.776. The molecule has 2 fully saturated rings. The van der Waals surface area contributed by atoms with Gasteiger partial charge in [-0.25, -0.2) is 0 Å². The average Bonchev–Trinajstić information content (AvgIpc) is 2.16. The van der Waals surface area contributed by atoms with Crippen LogP contribution < -0.4 is 0 Å². The molecule has 0 aliphatic heterocycles. The molecular weight excluding hydrogens is 188 g/mol. The predicted octanol–water partition coefficient (Wildman–Crippen LogP) is 3.31. The Labute approximate surface area is 92.1 Å². The van der Waals surface area contributed by atoms with Crippen LogP contribution in [-0.2, 0) is 4.79 Å². The number of rotatable bonds is 3. The van der Waals surface area contributed by atoms with Crippen LogP contribution in [0, 0.1) is 23.2 Å². The van der Waals surface area contributed by atoms with Gasteiger partial charge in [-0.05, 0) is 36.0 Å². The van der Waals surface area contributed by atoms with Gasteiger partial charge in [0.1, 0.15) is 0 Å². The van der Waals surface area contributed by atoms with Crippen LogP contribution in [0.4, 0.5) is 0 Å². The van der Waals surface area contributed by atoms with Crippen molar-refractivity contribution in [2.24, 2.45) is 23.2 Å². The highest BCUT2D eigenvalue weighted by Gasteiger charge is 2.58. The van der Waals surface area contributed by atoms with Crippen molar-refractivity contribution in [1.29, 1.82) is 0 Å². The Hall–Kier alpha value is -0.530. The summed E-state index contributed by atoms with van der Waals surface area (Å²) in [6, 6.07) is 0. The van der Waals surface area contributed by atoms with Gasteiger partial charge in [0.25, 0.3) is 0 Å². The Bertz CT molecular complexity index is 253. The van der Waals surface area contributed by atoms with Crippen molar-refractivity contribution in [1.82, 2.24) is 0 Å².